The Morgan fingerprint density at radius 2 is 1.89 bits per heavy atom. The number of nitro groups is 1. The number of carbonyl (C=O) groups excluding carboxylic acids is 1. The van der Waals surface area contributed by atoms with Crippen LogP contribution in [0.1, 0.15) is 34.7 Å². The summed E-state index contributed by atoms with van der Waals surface area (Å²) in [6.07, 6.45) is 3.68. The zero-order valence-corrected chi connectivity index (χ0v) is 21.6. The number of hydrogen-bond donors (Lipinski definition) is 1. The molecule has 38 heavy (non-hydrogen) atoms. The molecule has 0 aliphatic heterocycles. The highest BCUT2D eigenvalue weighted by molar-refractivity contribution is 6.10. The van der Waals surface area contributed by atoms with Gasteiger partial charge in [-0.25, -0.2) is 0 Å². The van der Waals surface area contributed by atoms with E-state index in [1.165, 1.54) is 18.2 Å². The Morgan fingerprint density at radius 3 is 2.53 bits per heavy atom. The number of nitriles is 1. The number of nitrogens with one attached hydrogen (secondary N) is 1. The summed E-state index contributed by atoms with van der Waals surface area (Å²) in [5.41, 5.74) is 4.66. The van der Waals surface area contributed by atoms with E-state index in [1.54, 1.807) is 30.3 Å². The summed E-state index contributed by atoms with van der Waals surface area (Å²) in [4.78, 5) is 23.4. The third-order valence-electron chi connectivity index (χ3n) is 5.88. The second-order valence-electron chi connectivity index (χ2n) is 8.52. The lowest BCUT2D eigenvalue weighted by Crippen LogP contribution is -2.14. The van der Waals surface area contributed by atoms with E-state index in [9.17, 15) is 20.2 Å². The van der Waals surface area contributed by atoms with E-state index in [2.05, 4.69) is 11.9 Å². The normalized spacial score (nSPS) is 10.8. The van der Waals surface area contributed by atoms with E-state index in [-0.39, 0.29) is 17.9 Å². The van der Waals surface area contributed by atoms with Crippen molar-refractivity contribution in [2.75, 3.05) is 11.9 Å². The molecule has 0 fully saturated rings. The second-order valence-corrected chi connectivity index (χ2v) is 8.52. The molecule has 0 aliphatic carbocycles. The lowest BCUT2D eigenvalue weighted by atomic mass is 10.0. The number of non-ortho nitro benzene ring substituents is 1. The maximum absolute atomic E-state index is 12.9. The minimum Gasteiger partial charge on any atom is -0.490 e. The summed E-state index contributed by atoms with van der Waals surface area (Å²) in [5.74, 6) is 0.441. The van der Waals surface area contributed by atoms with Gasteiger partial charge >= 0.3 is 0 Å². The quantitative estimate of drug-likeness (QED) is 0.104. The number of allylic oxidation sites excluding steroid dienone is 1. The molecule has 8 nitrogen and oxygen atoms in total. The Kier molecular flexibility index (Phi) is 9.38. The first-order valence-corrected chi connectivity index (χ1v) is 12.0. The topological polar surface area (TPSA) is 114 Å². The van der Waals surface area contributed by atoms with Crippen molar-refractivity contribution in [3.63, 3.8) is 0 Å². The summed E-state index contributed by atoms with van der Waals surface area (Å²) in [5, 5.41) is 23.5. The molecule has 0 aromatic heterocycles. The van der Waals surface area contributed by atoms with Crippen LogP contribution in [0.15, 0.2) is 72.8 Å². The molecule has 194 valence electrons. The van der Waals surface area contributed by atoms with Gasteiger partial charge in [-0.3, -0.25) is 14.9 Å². The van der Waals surface area contributed by atoms with Crippen molar-refractivity contribution < 1.29 is 19.2 Å². The number of amides is 1. The van der Waals surface area contributed by atoms with Crippen LogP contribution in [-0.4, -0.2) is 17.4 Å². The molecule has 1 N–H and O–H groups in total. The number of anilines is 1. The van der Waals surface area contributed by atoms with E-state index in [0.717, 1.165) is 22.3 Å². The summed E-state index contributed by atoms with van der Waals surface area (Å²) < 4.78 is 11.9. The first kappa shape index (κ1) is 27.7. The van der Waals surface area contributed by atoms with Crippen molar-refractivity contribution in [3.8, 4) is 17.6 Å². The number of hydrogen-bond acceptors (Lipinski definition) is 6. The maximum atomic E-state index is 12.9. The van der Waals surface area contributed by atoms with Gasteiger partial charge in [-0.05, 0) is 85.9 Å². The first-order chi connectivity index (χ1) is 18.3. The van der Waals surface area contributed by atoms with Crippen molar-refractivity contribution in [1.29, 1.82) is 5.26 Å². The van der Waals surface area contributed by atoms with Gasteiger partial charge in [0.2, 0.25) is 0 Å². The van der Waals surface area contributed by atoms with Gasteiger partial charge in [-0.2, -0.15) is 5.26 Å². The van der Waals surface area contributed by atoms with E-state index < -0.39 is 10.8 Å². The molecule has 8 heteroatoms. The van der Waals surface area contributed by atoms with Crippen LogP contribution < -0.4 is 14.8 Å². The van der Waals surface area contributed by atoms with Gasteiger partial charge in [0.1, 0.15) is 18.2 Å². The van der Waals surface area contributed by atoms with Crippen molar-refractivity contribution in [1.82, 2.24) is 0 Å². The molecule has 3 rings (SSSR count). The molecule has 0 atom stereocenters. The van der Waals surface area contributed by atoms with Crippen LogP contribution in [0.5, 0.6) is 11.5 Å². The Labute approximate surface area is 222 Å². The molecule has 3 aromatic rings. The second kappa shape index (κ2) is 12.9. The van der Waals surface area contributed by atoms with Gasteiger partial charge in [0.25, 0.3) is 11.6 Å². The molecule has 0 radical (unpaired) electrons. The standard InChI is InChI=1S/C30H29N3O5/c1-5-8-24-15-23(16-25(18-31)30(34)32-27-10-7-9-20(3)21(27)4)17-28(37-6-2)29(24)38-19-22-11-13-26(14-12-22)33(35)36/h5,7,9-17H,1,6,8,19H2,2-4H3,(H,32,34)/b25-16+. The number of ether oxygens (including phenoxy) is 2. The average Bonchev–Trinajstić information content (AvgIpc) is 2.90. The van der Waals surface area contributed by atoms with Gasteiger partial charge < -0.3 is 14.8 Å². The number of rotatable bonds is 11. The fourth-order valence-electron chi connectivity index (χ4n) is 3.76. The number of carbonyl (C=O) groups is 1. The summed E-state index contributed by atoms with van der Waals surface area (Å²) in [7, 11) is 0. The highest BCUT2D eigenvalue weighted by atomic mass is 16.6. The van der Waals surface area contributed by atoms with Crippen LogP contribution in [-0.2, 0) is 17.8 Å². The molecule has 0 spiro atoms. The fourth-order valence-corrected chi connectivity index (χ4v) is 3.76. The maximum Gasteiger partial charge on any atom is 0.269 e. The lowest BCUT2D eigenvalue weighted by molar-refractivity contribution is -0.384. The lowest BCUT2D eigenvalue weighted by Gasteiger charge is -2.17. The first-order valence-electron chi connectivity index (χ1n) is 12.0. The molecule has 0 saturated heterocycles. The van der Waals surface area contributed by atoms with Gasteiger partial charge in [0.05, 0.1) is 11.5 Å². The smallest absolute Gasteiger partial charge is 0.269 e. The highest BCUT2D eigenvalue weighted by Crippen LogP contribution is 2.35. The van der Waals surface area contributed by atoms with E-state index in [1.807, 2.05) is 45.0 Å². The van der Waals surface area contributed by atoms with Gasteiger partial charge in [-0.1, -0.05) is 18.2 Å². The zero-order valence-electron chi connectivity index (χ0n) is 21.6. The molecule has 3 aromatic carbocycles. The Hall–Kier alpha value is -4.90. The SMILES string of the molecule is C=CCc1cc(/C=C(\C#N)C(=O)Nc2cccc(C)c2C)cc(OCC)c1OCc1ccc([N+](=O)[O-])cc1. The molecular weight excluding hydrogens is 482 g/mol. The van der Waals surface area contributed by atoms with Crippen LogP contribution >= 0.6 is 0 Å². The van der Waals surface area contributed by atoms with E-state index in [4.69, 9.17) is 9.47 Å². The van der Waals surface area contributed by atoms with Crippen molar-refractivity contribution in [2.24, 2.45) is 0 Å². The van der Waals surface area contributed by atoms with E-state index >= 15 is 0 Å². The van der Waals surface area contributed by atoms with Crippen LogP contribution in [0.4, 0.5) is 11.4 Å². The van der Waals surface area contributed by atoms with Crippen molar-refractivity contribution >= 4 is 23.4 Å². The molecular formula is C30H29N3O5. The highest BCUT2D eigenvalue weighted by Gasteiger charge is 2.16. The molecule has 0 bridgehead atoms. The van der Waals surface area contributed by atoms with Crippen LogP contribution in [0, 0.1) is 35.3 Å². The Balaban J connectivity index is 1.92. The van der Waals surface area contributed by atoms with Gasteiger partial charge in [0.15, 0.2) is 11.5 Å². The summed E-state index contributed by atoms with van der Waals surface area (Å²) in [6, 6.07) is 17.2. The van der Waals surface area contributed by atoms with Crippen LogP contribution in [0.2, 0.25) is 0 Å². The molecule has 1 amide bonds. The Morgan fingerprint density at radius 1 is 1.16 bits per heavy atom. The van der Waals surface area contributed by atoms with Crippen LogP contribution in [0.25, 0.3) is 6.08 Å². The predicted molar refractivity (Wildman–Crippen MR) is 147 cm³/mol. The summed E-state index contributed by atoms with van der Waals surface area (Å²) >= 11 is 0. The fraction of sp³-hybridized carbons (Fsp3) is 0.200. The third kappa shape index (κ3) is 6.86. The van der Waals surface area contributed by atoms with Gasteiger partial charge in [0, 0.05) is 23.4 Å². The number of aryl methyl sites for hydroxylation is 1. The Bertz CT molecular complexity index is 1420. The molecule has 0 heterocycles. The summed E-state index contributed by atoms with van der Waals surface area (Å²) in [6.45, 7) is 10.1. The number of benzene rings is 3. The zero-order chi connectivity index (χ0) is 27.7. The van der Waals surface area contributed by atoms with Gasteiger partial charge in [-0.15, -0.1) is 6.58 Å². The van der Waals surface area contributed by atoms with Crippen LogP contribution in [0.3, 0.4) is 0 Å². The minimum absolute atomic E-state index is 0.00198. The monoisotopic (exact) mass is 511 g/mol. The molecule has 0 aliphatic rings. The predicted octanol–water partition coefficient (Wildman–Crippen LogP) is 6.46. The number of nitrogens with zero attached hydrogens (tertiary/aromatic N) is 2. The van der Waals surface area contributed by atoms with E-state index in [0.29, 0.717) is 35.8 Å². The molecule has 0 saturated carbocycles. The molecule has 0 unspecified atom stereocenters. The largest absolute Gasteiger partial charge is 0.490 e. The minimum atomic E-state index is -0.511. The third-order valence-corrected chi connectivity index (χ3v) is 5.88. The average molecular weight is 512 g/mol. The van der Waals surface area contributed by atoms with Crippen molar-refractivity contribution in [2.45, 2.75) is 33.8 Å². The van der Waals surface area contributed by atoms with Crippen molar-refractivity contribution in [3.05, 3.63) is 111 Å². The number of nitro benzene ring substituents is 1.